The Labute approximate surface area is 236 Å². The maximum atomic E-state index is 13.9. The van der Waals surface area contributed by atoms with Gasteiger partial charge in [0.2, 0.25) is 0 Å². The number of ether oxygens (including phenoxy) is 3. The first-order valence-corrected chi connectivity index (χ1v) is 13.9. The van der Waals surface area contributed by atoms with Crippen LogP contribution in [0.3, 0.4) is 0 Å². The van der Waals surface area contributed by atoms with Crippen molar-refractivity contribution in [3.63, 3.8) is 0 Å². The molecule has 4 rings (SSSR count). The molecule has 2 aromatic carbocycles. The van der Waals surface area contributed by atoms with E-state index in [1.165, 1.54) is 15.9 Å². The molecule has 3 aromatic rings. The summed E-state index contributed by atoms with van der Waals surface area (Å²) in [6.07, 6.45) is 2.99. The van der Waals surface area contributed by atoms with Crippen LogP contribution in [0.1, 0.15) is 43.9 Å². The van der Waals surface area contributed by atoms with Crippen molar-refractivity contribution in [1.82, 2.24) is 4.57 Å². The number of allylic oxidation sites excluding steroid dienone is 1. The predicted octanol–water partition coefficient (Wildman–Crippen LogP) is 3.81. The Kier molecular flexibility index (Phi) is 9.03. The molecular weight excluding hydrogens is 588 g/mol. The van der Waals surface area contributed by atoms with Crippen LogP contribution in [-0.4, -0.2) is 41.9 Å². The van der Waals surface area contributed by atoms with Crippen molar-refractivity contribution >= 4 is 45.3 Å². The lowest BCUT2D eigenvalue weighted by atomic mass is 9.94. The third-order valence-corrected chi connectivity index (χ3v) is 7.50. The summed E-state index contributed by atoms with van der Waals surface area (Å²) >= 11 is 4.74. The van der Waals surface area contributed by atoms with E-state index in [-0.39, 0.29) is 12.2 Å². The minimum absolute atomic E-state index is 0.186. The van der Waals surface area contributed by atoms with Crippen molar-refractivity contribution in [2.45, 2.75) is 32.7 Å². The van der Waals surface area contributed by atoms with Gasteiger partial charge in [-0.25, -0.2) is 14.6 Å². The molecule has 0 radical (unpaired) electrons. The summed E-state index contributed by atoms with van der Waals surface area (Å²) in [4.78, 5) is 43.2. The zero-order valence-corrected chi connectivity index (χ0v) is 24.0. The summed E-state index contributed by atoms with van der Waals surface area (Å²) in [6, 6.07) is 11.5. The first-order chi connectivity index (χ1) is 18.8. The van der Waals surface area contributed by atoms with E-state index in [9.17, 15) is 14.4 Å². The van der Waals surface area contributed by atoms with Crippen molar-refractivity contribution in [3.8, 4) is 11.5 Å². The maximum Gasteiger partial charge on any atom is 0.341 e. The molecule has 204 valence electrons. The van der Waals surface area contributed by atoms with Crippen LogP contribution < -0.4 is 24.4 Å². The number of carboxylic acids is 1. The summed E-state index contributed by atoms with van der Waals surface area (Å²) in [5.74, 6) is -0.611. The van der Waals surface area contributed by atoms with Crippen LogP contribution >= 0.6 is 27.3 Å². The van der Waals surface area contributed by atoms with Gasteiger partial charge in [0.1, 0.15) is 11.5 Å². The number of carbonyl (C=O) groups is 2. The average molecular weight is 616 g/mol. The highest BCUT2D eigenvalue weighted by Crippen LogP contribution is 2.36. The van der Waals surface area contributed by atoms with E-state index in [0.29, 0.717) is 54.1 Å². The number of fused-ring (bicyclic) bond motifs is 1. The molecule has 1 aliphatic rings. The van der Waals surface area contributed by atoms with E-state index in [0.717, 1.165) is 6.42 Å². The van der Waals surface area contributed by atoms with Gasteiger partial charge in [-0.2, -0.15) is 0 Å². The number of thiazole rings is 1. The fourth-order valence-corrected chi connectivity index (χ4v) is 5.86. The number of aromatic nitrogens is 1. The Morgan fingerprint density at radius 3 is 2.67 bits per heavy atom. The van der Waals surface area contributed by atoms with Crippen LogP contribution in [0.2, 0.25) is 0 Å². The average Bonchev–Trinajstić information content (AvgIpc) is 3.21. The summed E-state index contributed by atoms with van der Waals surface area (Å²) in [7, 11) is 1.56. The molecule has 39 heavy (non-hydrogen) atoms. The minimum Gasteiger partial charge on any atom is -0.496 e. The predicted molar refractivity (Wildman–Crippen MR) is 150 cm³/mol. The van der Waals surface area contributed by atoms with Gasteiger partial charge in [-0.15, -0.1) is 0 Å². The normalized spacial score (nSPS) is 15.0. The molecule has 0 spiro atoms. The lowest BCUT2D eigenvalue weighted by molar-refractivity contribution is -0.140. The van der Waals surface area contributed by atoms with Crippen molar-refractivity contribution in [3.05, 3.63) is 89.0 Å². The lowest BCUT2D eigenvalue weighted by Gasteiger charge is -2.26. The highest BCUT2D eigenvalue weighted by atomic mass is 79.9. The van der Waals surface area contributed by atoms with Crippen molar-refractivity contribution in [2.75, 3.05) is 20.3 Å². The van der Waals surface area contributed by atoms with Crippen molar-refractivity contribution in [1.29, 1.82) is 0 Å². The molecule has 0 aliphatic carbocycles. The fourth-order valence-electron chi connectivity index (χ4n) is 4.28. The largest absolute Gasteiger partial charge is 0.496 e. The molecule has 1 atom stereocenters. The van der Waals surface area contributed by atoms with E-state index >= 15 is 0 Å². The molecule has 1 aromatic heterocycles. The maximum absolute atomic E-state index is 13.9. The third-order valence-electron chi connectivity index (χ3n) is 5.90. The Hall–Kier alpha value is -3.70. The number of hydrogen-bond acceptors (Lipinski definition) is 8. The zero-order chi connectivity index (χ0) is 28.1. The van der Waals surface area contributed by atoms with Crippen LogP contribution in [0, 0.1) is 0 Å². The van der Waals surface area contributed by atoms with Gasteiger partial charge in [0.05, 0.1) is 40.0 Å². The molecule has 1 N–H and O–H groups in total. The Balaban J connectivity index is 1.92. The van der Waals surface area contributed by atoms with Crippen LogP contribution in [0.5, 0.6) is 11.5 Å². The summed E-state index contributed by atoms with van der Waals surface area (Å²) in [5.41, 5.74) is 1.96. The second kappa shape index (κ2) is 12.4. The molecule has 0 amide bonds. The van der Waals surface area contributed by atoms with Crippen molar-refractivity contribution < 1.29 is 28.9 Å². The molecule has 2 heterocycles. The van der Waals surface area contributed by atoms with Gasteiger partial charge in [0, 0.05) is 0 Å². The minimum atomic E-state index is -1.08. The number of rotatable bonds is 10. The van der Waals surface area contributed by atoms with Gasteiger partial charge in [-0.1, -0.05) is 42.9 Å². The first-order valence-electron chi connectivity index (χ1n) is 12.3. The van der Waals surface area contributed by atoms with E-state index in [1.54, 1.807) is 50.4 Å². The summed E-state index contributed by atoms with van der Waals surface area (Å²) in [6.45, 7) is 3.45. The molecule has 0 saturated heterocycles. The van der Waals surface area contributed by atoms with Gasteiger partial charge in [-0.05, 0) is 70.7 Å². The Morgan fingerprint density at radius 1 is 1.21 bits per heavy atom. The monoisotopic (exact) mass is 614 g/mol. The number of esters is 1. The second-order valence-corrected chi connectivity index (χ2v) is 10.4. The highest BCUT2D eigenvalue weighted by Gasteiger charge is 2.34. The molecule has 0 fully saturated rings. The lowest BCUT2D eigenvalue weighted by Crippen LogP contribution is -2.40. The number of benzene rings is 2. The molecule has 11 heteroatoms. The molecule has 9 nitrogen and oxygen atoms in total. The number of aliphatic carboxylic acids is 1. The SMILES string of the molecule is CCCC1=C(C(=O)OCC)[C@H](c2ccc(OC)c(Br)c2)n2c(s/c(=C\c3cccc(OCC(=O)O)c3)c2=O)=N1. The van der Waals surface area contributed by atoms with Gasteiger partial charge < -0.3 is 19.3 Å². The molecule has 1 aliphatic heterocycles. The standard InChI is InChI=1S/C28H27BrN2O7S/c1-4-7-20-24(27(35)37-5-2)25(17-10-11-21(36-3)19(29)14-17)31-26(34)22(39-28(31)30-20)13-16-8-6-9-18(12-16)38-15-23(32)33/h6,8-14,25H,4-5,7,15H2,1-3H3,(H,32,33)/b22-13-/t25-/m0/s1. The highest BCUT2D eigenvalue weighted by molar-refractivity contribution is 9.10. The van der Waals surface area contributed by atoms with E-state index in [4.69, 9.17) is 24.3 Å². The second-order valence-electron chi connectivity index (χ2n) is 8.56. The number of nitrogens with zero attached hydrogens (tertiary/aromatic N) is 2. The number of carbonyl (C=O) groups excluding carboxylic acids is 1. The quantitative estimate of drug-likeness (QED) is 0.345. The smallest absolute Gasteiger partial charge is 0.341 e. The zero-order valence-electron chi connectivity index (χ0n) is 21.6. The number of carboxylic acid groups (broad SMARTS) is 1. The topological polar surface area (TPSA) is 116 Å². The number of halogens is 1. The van der Waals surface area contributed by atoms with Gasteiger partial charge in [0.25, 0.3) is 5.56 Å². The van der Waals surface area contributed by atoms with E-state index < -0.39 is 24.6 Å². The molecule has 0 saturated carbocycles. The van der Waals surface area contributed by atoms with Crippen LogP contribution in [0.25, 0.3) is 6.08 Å². The van der Waals surface area contributed by atoms with E-state index in [1.807, 2.05) is 19.1 Å². The van der Waals surface area contributed by atoms with Gasteiger partial charge in [-0.3, -0.25) is 9.36 Å². The van der Waals surface area contributed by atoms with Crippen LogP contribution in [0.4, 0.5) is 0 Å². The van der Waals surface area contributed by atoms with Crippen LogP contribution in [0.15, 0.2) is 68.0 Å². The van der Waals surface area contributed by atoms with Crippen LogP contribution in [-0.2, 0) is 14.3 Å². The van der Waals surface area contributed by atoms with Gasteiger partial charge in [0.15, 0.2) is 11.4 Å². The molecule has 0 unspecified atom stereocenters. The van der Waals surface area contributed by atoms with Crippen molar-refractivity contribution in [2.24, 2.45) is 4.99 Å². The fraction of sp³-hybridized carbons (Fsp3) is 0.286. The Morgan fingerprint density at radius 2 is 2.00 bits per heavy atom. The Bertz CT molecular complexity index is 1620. The molecular formula is C28H27BrN2O7S. The van der Waals surface area contributed by atoms with E-state index in [2.05, 4.69) is 15.9 Å². The van der Waals surface area contributed by atoms with Gasteiger partial charge >= 0.3 is 11.9 Å². The molecule has 0 bridgehead atoms. The summed E-state index contributed by atoms with van der Waals surface area (Å²) in [5, 5.41) is 8.90. The number of methoxy groups -OCH3 is 1. The first kappa shape index (κ1) is 28.3. The third kappa shape index (κ3) is 6.15. The number of hydrogen-bond donors (Lipinski definition) is 1. The summed E-state index contributed by atoms with van der Waals surface area (Å²) < 4.78 is 18.7.